The number of hydrogen-bond acceptors (Lipinski definition) is 9. The number of fused-ring (bicyclic) bond motifs is 1. The maximum atomic E-state index is 13.4. The third-order valence-electron chi connectivity index (χ3n) is 5.69. The summed E-state index contributed by atoms with van der Waals surface area (Å²) in [6.45, 7) is 5.03. The highest BCUT2D eigenvalue weighted by Gasteiger charge is 2.56. The van der Waals surface area contributed by atoms with Gasteiger partial charge in [-0.1, -0.05) is 25.1 Å². The van der Waals surface area contributed by atoms with Crippen LogP contribution in [0.15, 0.2) is 48.8 Å². The molecule has 3 aromatic rings. The summed E-state index contributed by atoms with van der Waals surface area (Å²) >= 11 is 0. The maximum absolute atomic E-state index is 13.4. The Morgan fingerprint density at radius 3 is 2.76 bits per heavy atom. The van der Waals surface area contributed by atoms with Crippen LogP contribution in [0.3, 0.4) is 0 Å². The molecule has 11 nitrogen and oxygen atoms in total. The van der Waals surface area contributed by atoms with E-state index in [2.05, 4.69) is 21.2 Å². The first kappa shape index (κ1) is 24.1. The number of hydrogen-bond donors (Lipinski definition) is 3. The van der Waals surface area contributed by atoms with E-state index in [1.807, 2.05) is 6.07 Å². The number of nitriles is 1. The quantitative estimate of drug-likeness (QED) is 0.404. The number of nitrogens with one attached hydrogen (secondary N) is 1. The minimum absolute atomic E-state index is 0.210. The number of anilines is 1. The Balaban J connectivity index is 1.58. The molecule has 0 aliphatic carbocycles. The van der Waals surface area contributed by atoms with Gasteiger partial charge in [0.1, 0.15) is 29.8 Å². The van der Waals surface area contributed by atoms with Crippen LogP contribution in [0, 0.1) is 17.2 Å². The second-order valence-electron chi connectivity index (χ2n) is 8.43. The summed E-state index contributed by atoms with van der Waals surface area (Å²) in [4.78, 5) is 3.96. The predicted molar refractivity (Wildman–Crippen MR) is 124 cm³/mol. The summed E-state index contributed by atoms with van der Waals surface area (Å²) in [6, 6.07) is 14.0. The largest absolute Gasteiger partial charge is 0.459 e. The molecule has 4 N–H and O–H groups in total. The van der Waals surface area contributed by atoms with Gasteiger partial charge in [0, 0.05) is 12.0 Å². The summed E-state index contributed by atoms with van der Waals surface area (Å²) in [7, 11) is -3.82. The van der Waals surface area contributed by atoms with Gasteiger partial charge in [-0.3, -0.25) is 4.52 Å². The molecule has 180 valence electrons. The Kier molecular flexibility index (Phi) is 6.62. The van der Waals surface area contributed by atoms with Crippen LogP contribution in [0.5, 0.6) is 5.75 Å². The lowest BCUT2D eigenvalue weighted by atomic mass is 9.85. The topological polar surface area (TPSA) is 157 Å². The van der Waals surface area contributed by atoms with Crippen molar-refractivity contribution >= 4 is 19.1 Å². The lowest BCUT2D eigenvalue weighted by Gasteiger charge is -2.25. The number of nitrogen functional groups attached to an aromatic ring is 1. The maximum Gasteiger partial charge on any atom is 0.459 e. The van der Waals surface area contributed by atoms with E-state index in [1.165, 1.54) is 10.8 Å². The van der Waals surface area contributed by atoms with Crippen molar-refractivity contribution in [1.82, 2.24) is 19.7 Å². The first-order valence-corrected chi connectivity index (χ1v) is 12.4. The van der Waals surface area contributed by atoms with Crippen molar-refractivity contribution < 1.29 is 23.5 Å². The lowest BCUT2D eigenvalue weighted by Crippen LogP contribution is -2.34. The molecule has 4 rings (SSSR count). The van der Waals surface area contributed by atoms with Gasteiger partial charge in [-0.2, -0.15) is 10.4 Å². The highest BCUT2D eigenvalue weighted by atomic mass is 31.2. The van der Waals surface area contributed by atoms with E-state index < -0.39 is 31.5 Å². The summed E-state index contributed by atoms with van der Waals surface area (Å²) in [5.41, 5.74) is 5.29. The van der Waals surface area contributed by atoms with Gasteiger partial charge >= 0.3 is 7.75 Å². The van der Waals surface area contributed by atoms with Gasteiger partial charge in [0.15, 0.2) is 5.82 Å². The minimum atomic E-state index is -3.82. The van der Waals surface area contributed by atoms with Crippen LogP contribution in [0.2, 0.25) is 0 Å². The molecule has 34 heavy (non-hydrogen) atoms. The van der Waals surface area contributed by atoms with E-state index in [0.717, 1.165) is 0 Å². The number of nitrogens with zero attached hydrogens (tertiary/aromatic N) is 4. The summed E-state index contributed by atoms with van der Waals surface area (Å²) < 4.78 is 32.3. The number of para-hydroxylation sites is 1. The second kappa shape index (κ2) is 9.33. The van der Waals surface area contributed by atoms with Crippen LogP contribution < -0.4 is 15.3 Å². The zero-order valence-corrected chi connectivity index (χ0v) is 19.9. The van der Waals surface area contributed by atoms with Crippen LogP contribution in [-0.2, 0) is 19.4 Å². The SMILES string of the molecule is CC(C)NP(=O)(OC[C@H]1O[C@@](C#N)(c2ccc3c(N)ncnn23)[C@H](C)[C@@H]1O)Oc1ccccc1. The van der Waals surface area contributed by atoms with Gasteiger partial charge in [0.2, 0.25) is 5.60 Å². The summed E-state index contributed by atoms with van der Waals surface area (Å²) in [5, 5.41) is 28.1. The Bertz CT molecular complexity index is 1250. The molecule has 0 amide bonds. The van der Waals surface area contributed by atoms with Gasteiger partial charge < -0.3 is 20.1 Å². The summed E-state index contributed by atoms with van der Waals surface area (Å²) in [5.74, 6) is -0.0457. The number of aromatic nitrogens is 3. The number of ether oxygens (including phenoxy) is 1. The Morgan fingerprint density at radius 2 is 2.09 bits per heavy atom. The molecule has 1 unspecified atom stereocenters. The molecule has 1 saturated heterocycles. The van der Waals surface area contributed by atoms with Crippen LogP contribution >= 0.6 is 7.75 Å². The molecule has 12 heteroatoms. The molecule has 3 heterocycles. The van der Waals surface area contributed by atoms with Crippen LogP contribution in [0.1, 0.15) is 26.5 Å². The molecule has 2 aromatic heterocycles. The van der Waals surface area contributed by atoms with Crippen molar-refractivity contribution in [2.75, 3.05) is 12.3 Å². The molecule has 0 saturated carbocycles. The van der Waals surface area contributed by atoms with Crippen molar-refractivity contribution in [1.29, 1.82) is 5.26 Å². The Labute approximate surface area is 197 Å². The number of rotatable bonds is 8. The average Bonchev–Trinajstić information content (AvgIpc) is 3.34. The number of aliphatic hydroxyl groups excluding tert-OH is 1. The second-order valence-corrected chi connectivity index (χ2v) is 10.1. The molecular weight excluding hydrogens is 459 g/mol. The van der Waals surface area contributed by atoms with Gasteiger partial charge in [-0.25, -0.2) is 19.2 Å². The first-order chi connectivity index (χ1) is 16.2. The van der Waals surface area contributed by atoms with Gasteiger partial charge in [0.05, 0.1) is 18.4 Å². The predicted octanol–water partition coefficient (Wildman–Crippen LogP) is 2.63. The third-order valence-corrected chi connectivity index (χ3v) is 7.47. The van der Waals surface area contributed by atoms with Gasteiger partial charge in [-0.15, -0.1) is 0 Å². The molecule has 1 aromatic carbocycles. The number of aliphatic hydroxyl groups is 1. The van der Waals surface area contributed by atoms with E-state index in [0.29, 0.717) is 17.0 Å². The molecule has 0 radical (unpaired) electrons. The monoisotopic (exact) mass is 486 g/mol. The fraction of sp³-hybridized carbons (Fsp3) is 0.409. The Hall–Kier alpha value is -3.00. The smallest absolute Gasteiger partial charge is 0.413 e. The first-order valence-electron chi connectivity index (χ1n) is 10.8. The highest BCUT2D eigenvalue weighted by molar-refractivity contribution is 7.52. The van der Waals surface area contributed by atoms with Crippen molar-refractivity contribution in [3.63, 3.8) is 0 Å². The molecular formula is C22H27N6O5P. The molecule has 1 aliphatic heterocycles. The van der Waals surface area contributed by atoms with Crippen molar-refractivity contribution in [2.45, 2.75) is 44.6 Å². The summed E-state index contributed by atoms with van der Waals surface area (Å²) in [6.07, 6.45) is -0.767. The van der Waals surface area contributed by atoms with Crippen LogP contribution in [-0.4, -0.2) is 44.6 Å². The molecule has 0 bridgehead atoms. The Morgan fingerprint density at radius 1 is 1.35 bits per heavy atom. The fourth-order valence-corrected chi connectivity index (χ4v) is 5.58. The van der Waals surface area contributed by atoms with E-state index in [1.54, 1.807) is 57.2 Å². The zero-order chi connectivity index (χ0) is 24.5. The van der Waals surface area contributed by atoms with Crippen LogP contribution in [0.25, 0.3) is 5.52 Å². The minimum Gasteiger partial charge on any atom is -0.413 e. The van der Waals surface area contributed by atoms with Crippen molar-refractivity contribution in [3.8, 4) is 11.8 Å². The average molecular weight is 486 g/mol. The normalized spacial score (nSPS) is 26.4. The van der Waals surface area contributed by atoms with E-state index in [9.17, 15) is 14.9 Å². The molecule has 5 atom stereocenters. The molecule has 0 spiro atoms. The third kappa shape index (κ3) is 4.39. The van der Waals surface area contributed by atoms with E-state index in [-0.39, 0.29) is 18.5 Å². The van der Waals surface area contributed by atoms with Crippen molar-refractivity contribution in [3.05, 3.63) is 54.5 Å². The highest BCUT2D eigenvalue weighted by Crippen LogP contribution is 2.48. The zero-order valence-electron chi connectivity index (χ0n) is 19.0. The standard InChI is InChI=1S/C22H27N6O5P/c1-14(2)27-34(30,33-16-7-5-4-6-8-16)31-11-18-20(29)15(3)22(12-23,32-18)19-10-9-17-21(24)25-13-26-28(17)19/h4-10,13-15,18,20,29H,11H2,1-3H3,(H,27,30)(H2,24,25,26)/t15-,18-,20+,22-,34?/m1/s1. The lowest BCUT2D eigenvalue weighted by molar-refractivity contribution is -0.0515. The van der Waals surface area contributed by atoms with Crippen molar-refractivity contribution in [2.24, 2.45) is 5.92 Å². The molecule has 1 fully saturated rings. The van der Waals surface area contributed by atoms with Gasteiger partial charge in [0.25, 0.3) is 0 Å². The van der Waals surface area contributed by atoms with E-state index >= 15 is 0 Å². The van der Waals surface area contributed by atoms with E-state index in [4.69, 9.17) is 19.5 Å². The number of benzene rings is 1. The van der Waals surface area contributed by atoms with Gasteiger partial charge in [-0.05, 0) is 38.1 Å². The molecule has 1 aliphatic rings. The van der Waals surface area contributed by atoms with Crippen LogP contribution in [0.4, 0.5) is 5.82 Å². The fourth-order valence-electron chi connectivity index (χ4n) is 4.02. The number of nitrogens with two attached hydrogens (primary N) is 1.